The molecule has 21 heavy (non-hydrogen) atoms. The maximum atomic E-state index is 3.91. The molecule has 0 heteroatoms. The lowest BCUT2D eigenvalue weighted by molar-refractivity contribution is 0.431. The molecule has 0 saturated heterocycles. The van der Waals surface area contributed by atoms with E-state index in [0.29, 0.717) is 0 Å². The van der Waals surface area contributed by atoms with Gasteiger partial charge in [-0.15, -0.1) is 0 Å². The highest BCUT2D eigenvalue weighted by Crippen LogP contribution is 2.18. The van der Waals surface area contributed by atoms with Crippen molar-refractivity contribution in [2.75, 3.05) is 0 Å². The molecule has 0 heterocycles. The second kappa shape index (κ2) is 18.1. The summed E-state index contributed by atoms with van der Waals surface area (Å²) >= 11 is 0. The van der Waals surface area contributed by atoms with Crippen LogP contribution in [0.1, 0.15) is 123 Å². The third kappa shape index (κ3) is 18.0. The molecule has 0 aliphatic carbocycles. The fourth-order valence-electron chi connectivity index (χ4n) is 3.15. The molecule has 0 nitrogen and oxygen atoms in total. The van der Waals surface area contributed by atoms with Crippen LogP contribution >= 0.6 is 0 Å². The predicted molar refractivity (Wildman–Crippen MR) is 98.7 cm³/mol. The van der Waals surface area contributed by atoms with Gasteiger partial charge in [0.2, 0.25) is 0 Å². The van der Waals surface area contributed by atoms with E-state index < -0.39 is 0 Å². The molecule has 1 atom stereocenters. The molecule has 0 spiro atoms. The average molecular weight is 296 g/mol. The van der Waals surface area contributed by atoms with Crippen LogP contribution in [0.25, 0.3) is 0 Å². The van der Waals surface area contributed by atoms with Gasteiger partial charge in [0.25, 0.3) is 0 Å². The zero-order chi connectivity index (χ0) is 15.6. The summed E-state index contributed by atoms with van der Waals surface area (Å²) in [5.74, 6) is 0.961. The maximum Gasteiger partial charge on any atom is -0.0443 e. The van der Waals surface area contributed by atoms with Gasteiger partial charge in [-0.05, 0) is 5.92 Å². The molecule has 0 aromatic rings. The molecule has 0 aromatic carbocycles. The van der Waals surface area contributed by atoms with Gasteiger partial charge in [-0.2, -0.15) is 0 Å². The van der Waals surface area contributed by atoms with Gasteiger partial charge in [0, 0.05) is 0 Å². The quantitative estimate of drug-likeness (QED) is 0.238. The van der Waals surface area contributed by atoms with Gasteiger partial charge in [-0.3, -0.25) is 0 Å². The number of hydrogen-bond acceptors (Lipinski definition) is 0. The SMILES string of the molecule is [CH2]CCCCCCCC(C)CCCCCCCCCCC. The molecular formula is C21H43. The average Bonchev–Trinajstić information content (AvgIpc) is 2.49. The number of rotatable bonds is 17. The predicted octanol–water partition coefficient (Wildman–Crippen LogP) is 8.11. The Hall–Kier alpha value is 0. The van der Waals surface area contributed by atoms with Gasteiger partial charge in [0.05, 0.1) is 0 Å². The van der Waals surface area contributed by atoms with Crippen molar-refractivity contribution < 1.29 is 0 Å². The first-order valence-corrected chi connectivity index (χ1v) is 10.1. The van der Waals surface area contributed by atoms with E-state index in [1.807, 2.05) is 0 Å². The van der Waals surface area contributed by atoms with Crippen LogP contribution < -0.4 is 0 Å². The van der Waals surface area contributed by atoms with E-state index in [1.54, 1.807) is 0 Å². The Labute approximate surface area is 136 Å². The highest BCUT2D eigenvalue weighted by Gasteiger charge is 2.02. The topological polar surface area (TPSA) is 0 Å². The Morgan fingerprint density at radius 1 is 0.571 bits per heavy atom. The Morgan fingerprint density at radius 3 is 1.38 bits per heavy atom. The van der Waals surface area contributed by atoms with Crippen LogP contribution in [0.2, 0.25) is 0 Å². The largest absolute Gasteiger partial charge is 0.0654 e. The van der Waals surface area contributed by atoms with Gasteiger partial charge < -0.3 is 0 Å². The molecule has 0 N–H and O–H groups in total. The number of unbranched alkanes of at least 4 members (excludes halogenated alkanes) is 13. The second-order valence-electron chi connectivity index (χ2n) is 7.13. The summed E-state index contributed by atoms with van der Waals surface area (Å²) in [5.41, 5.74) is 0. The maximum absolute atomic E-state index is 3.91. The van der Waals surface area contributed by atoms with Gasteiger partial charge in [0.15, 0.2) is 0 Å². The monoisotopic (exact) mass is 295 g/mol. The highest BCUT2D eigenvalue weighted by molar-refractivity contribution is 4.56. The van der Waals surface area contributed by atoms with Gasteiger partial charge in [-0.1, -0.05) is 130 Å². The van der Waals surface area contributed by atoms with Crippen LogP contribution in [0, 0.1) is 12.8 Å². The van der Waals surface area contributed by atoms with Crippen molar-refractivity contribution >= 4 is 0 Å². The molecule has 0 aromatic heterocycles. The first-order valence-electron chi connectivity index (χ1n) is 10.1. The molecule has 127 valence electrons. The molecular weight excluding hydrogens is 252 g/mol. The Kier molecular flexibility index (Phi) is 18.1. The summed E-state index contributed by atoms with van der Waals surface area (Å²) in [6, 6.07) is 0. The third-order valence-corrected chi connectivity index (χ3v) is 4.75. The van der Waals surface area contributed by atoms with Crippen LogP contribution in [0.5, 0.6) is 0 Å². The minimum atomic E-state index is 0.961. The van der Waals surface area contributed by atoms with Crippen molar-refractivity contribution in [3.63, 3.8) is 0 Å². The zero-order valence-corrected chi connectivity index (χ0v) is 15.3. The normalized spacial score (nSPS) is 12.7. The standard InChI is InChI=1S/C21H43/c1-4-6-8-10-12-13-14-16-18-20-21(3)19-17-15-11-9-7-5-2/h21H,2,4-20H2,1,3H3. The summed E-state index contributed by atoms with van der Waals surface area (Å²) in [6.45, 7) is 8.66. The molecule has 0 fully saturated rings. The lowest BCUT2D eigenvalue weighted by atomic mass is 9.96. The van der Waals surface area contributed by atoms with Crippen LogP contribution in [0.4, 0.5) is 0 Å². The van der Waals surface area contributed by atoms with E-state index in [2.05, 4.69) is 20.8 Å². The summed E-state index contributed by atoms with van der Waals surface area (Å²) < 4.78 is 0. The highest BCUT2D eigenvalue weighted by atomic mass is 14.1. The Bertz CT molecular complexity index is 173. The third-order valence-electron chi connectivity index (χ3n) is 4.75. The second-order valence-corrected chi connectivity index (χ2v) is 7.13. The Morgan fingerprint density at radius 2 is 0.952 bits per heavy atom. The smallest absolute Gasteiger partial charge is 0.0443 e. The minimum Gasteiger partial charge on any atom is -0.0654 e. The summed E-state index contributed by atoms with van der Waals surface area (Å²) in [7, 11) is 0. The van der Waals surface area contributed by atoms with Crippen molar-refractivity contribution in [2.45, 2.75) is 123 Å². The molecule has 0 amide bonds. The number of hydrogen-bond donors (Lipinski definition) is 0. The molecule has 0 aliphatic rings. The van der Waals surface area contributed by atoms with E-state index in [9.17, 15) is 0 Å². The summed E-state index contributed by atoms with van der Waals surface area (Å²) in [4.78, 5) is 0. The molecule has 0 bridgehead atoms. The van der Waals surface area contributed by atoms with Crippen molar-refractivity contribution in [1.29, 1.82) is 0 Å². The molecule has 0 aliphatic heterocycles. The first kappa shape index (κ1) is 21.0. The fraction of sp³-hybridized carbons (Fsp3) is 0.952. The summed E-state index contributed by atoms with van der Waals surface area (Å²) in [5, 5.41) is 0. The lowest BCUT2D eigenvalue weighted by Gasteiger charge is -2.11. The van der Waals surface area contributed by atoms with Crippen molar-refractivity contribution in [3.8, 4) is 0 Å². The molecule has 0 rings (SSSR count). The van der Waals surface area contributed by atoms with Gasteiger partial charge >= 0.3 is 0 Å². The zero-order valence-electron chi connectivity index (χ0n) is 15.3. The van der Waals surface area contributed by atoms with E-state index in [4.69, 9.17) is 0 Å². The van der Waals surface area contributed by atoms with Crippen LogP contribution in [0.3, 0.4) is 0 Å². The lowest BCUT2D eigenvalue weighted by Crippen LogP contribution is -1.95. The van der Waals surface area contributed by atoms with Crippen LogP contribution in [-0.4, -0.2) is 0 Å². The van der Waals surface area contributed by atoms with E-state index in [-0.39, 0.29) is 0 Å². The summed E-state index contributed by atoms with van der Waals surface area (Å²) in [6.07, 6.45) is 24.2. The molecule has 1 radical (unpaired) electrons. The van der Waals surface area contributed by atoms with E-state index in [0.717, 1.165) is 12.3 Å². The van der Waals surface area contributed by atoms with E-state index >= 15 is 0 Å². The molecule has 1 unspecified atom stereocenters. The van der Waals surface area contributed by atoms with Crippen molar-refractivity contribution in [2.24, 2.45) is 5.92 Å². The van der Waals surface area contributed by atoms with Gasteiger partial charge in [-0.25, -0.2) is 0 Å². The van der Waals surface area contributed by atoms with Crippen molar-refractivity contribution in [3.05, 3.63) is 6.92 Å². The fourth-order valence-corrected chi connectivity index (χ4v) is 3.15. The van der Waals surface area contributed by atoms with Crippen molar-refractivity contribution in [1.82, 2.24) is 0 Å². The van der Waals surface area contributed by atoms with Gasteiger partial charge in [0.1, 0.15) is 0 Å². The molecule has 0 saturated carbocycles. The van der Waals surface area contributed by atoms with E-state index in [1.165, 1.54) is 103 Å². The van der Waals surface area contributed by atoms with Crippen LogP contribution in [-0.2, 0) is 0 Å². The Balaban J connectivity index is 3.10. The van der Waals surface area contributed by atoms with Crippen LogP contribution in [0.15, 0.2) is 0 Å². The first-order chi connectivity index (χ1) is 10.3. The minimum absolute atomic E-state index is 0.961.